The van der Waals surface area contributed by atoms with Gasteiger partial charge in [0.15, 0.2) is 0 Å². The first-order chi connectivity index (χ1) is 8.65. The van der Waals surface area contributed by atoms with Gasteiger partial charge in [0.25, 0.3) is 0 Å². The molecule has 0 atom stereocenters. The van der Waals surface area contributed by atoms with Crippen molar-refractivity contribution in [3.8, 4) is 0 Å². The van der Waals surface area contributed by atoms with Crippen molar-refractivity contribution in [2.24, 2.45) is 5.73 Å². The quantitative estimate of drug-likeness (QED) is 0.618. The van der Waals surface area contributed by atoms with E-state index in [-0.39, 0.29) is 5.76 Å². The van der Waals surface area contributed by atoms with Gasteiger partial charge in [0.2, 0.25) is 5.76 Å². The Morgan fingerprint density at radius 2 is 2.22 bits per heavy atom. The predicted octanol–water partition coefficient (Wildman–Crippen LogP) is 0.927. The van der Waals surface area contributed by atoms with Gasteiger partial charge in [-0.05, 0) is 24.6 Å². The highest BCUT2D eigenvalue weighted by atomic mass is 16.4. The minimum Gasteiger partial charge on any atom is -0.475 e. The zero-order chi connectivity index (χ0) is 12.7. The molecule has 5 N–H and O–H groups in total. The molecule has 1 aromatic heterocycles. The first kappa shape index (κ1) is 10.5. The van der Waals surface area contributed by atoms with Crippen LogP contribution in [0.4, 0.5) is 0 Å². The van der Waals surface area contributed by atoms with E-state index in [1.54, 1.807) is 6.07 Å². The predicted molar refractivity (Wildman–Crippen MR) is 63.8 cm³/mol. The lowest BCUT2D eigenvalue weighted by molar-refractivity contribution is 0.0662. The molecule has 0 aromatic carbocycles. The smallest absolute Gasteiger partial charge is 0.371 e. The second-order valence-electron chi connectivity index (χ2n) is 4.03. The van der Waals surface area contributed by atoms with Crippen LogP contribution in [0.1, 0.15) is 22.7 Å². The lowest BCUT2D eigenvalue weighted by Crippen LogP contribution is -2.26. The maximum absolute atomic E-state index is 10.7. The Kier molecular flexibility index (Phi) is 2.16. The molecule has 3 rings (SSSR count). The highest BCUT2D eigenvalue weighted by molar-refractivity contribution is 5.85. The number of hydrogen-bond acceptors (Lipinski definition) is 5. The summed E-state index contributed by atoms with van der Waals surface area (Å²) in [6, 6.07) is 3.09. The van der Waals surface area contributed by atoms with Gasteiger partial charge in [-0.1, -0.05) is 6.08 Å². The number of carboxylic acids is 1. The summed E-state index contributed by atoms with van der Waals surface area (Å²) in [6.45, 7) is 0. The number of hydrogen-bond donors (Lipinski definition) is 4. The number of rotatable bonds is 2. The third kappa shape index (κ3) is 1.55. The van der Waals surface area contributed by atoms with Gasteiger partial charge in [-0.25, -0.2) is 4.79 Å². The molecule has 1 aromatic rings. The lowest BCUT2D eigenvalue weighted by Gasteiger charge is -2.10. The summed E-state index contributed by atoms with van der Waals surface area (Å²) in [5, 5.41) is 8.81. The number of furan rings is 1. The molecule has 6 heteroatoms. The second-order valence-corrected chi connectivity index (χ2v) is 4.03. The van der Waals surface area contributed by atoms with E-state index in [2.05, 4.69) is 10.9 Å². The second kappa shape index (κ2) is 3.69. The van der Waals surface area contributed by atoms with Crippen LogP contribution in [0.25, 0.3) is 5.57 Å². The number of carboxylic acid groups (broad SMARTS) is 1. The molecule has 0 amide bonds. The molecule has 2 heterocycles. The zero-order valence-corrected chi connectivity index (χ0v) is 9.36. The van der Waals surface area contributed by atoms with Crippen LogP contribution in [-0.2, 0) is 0 Å². The van der Waals surface area contributed by atoms with Crippen molar-refractivity contribution in [3.63, 3.8) is 0 Å². The van der Waals surface area contributed by atoms with Crippen LogP contribution in [0, 0.1) is 0 Å². The van der Waals surface area contributed by atoms with E-state index in [0.717, 1.165) is 16.8 Å². The minimum atomic E-state index is -1.07. The Balaban J connectivity index is 1.93. The Bertz CT molecular complexity index is 622. The maximum Gasteiger partial charge on any atom is 0.371 e. The number of fused-ring (bicyclic) bond motifs is 1. The number of carbonyl (C=O) groups is 1. The number of nitrogens with two attached hydrogens (primary N) is 1. The molecule has 0 spiro atoms. The van der Waals surface area contributed by atoms with Gasteiger partial charge in [0, 0.05) is 11.1 Å². The van der Waals surface area contributed by atoms with Crippen molar-refractivity contribution >= 4 is 11.5 Å². The van der Waals surface area contributed by atoms with E-state index in [4.69, 9.17) is 15.3 Å². The number of allylic oxidation sites excluding steroid dienone is 4. The largest absolute Gasteiger partial charge is 0.475 e. The molecule has 1 aliphatic heterocycles. The fourth-order valence-electron chi connectivity index (χ4n) is 1.98. The molecule has 0 unspecified atom stereocenters. The van der Waals surface area contributed by atoms with Gasteiger partial charge >= 0.3 is 5.97 Å². The van der Waals surface area contributed by atoms with Gasteiger partial charge in [0.05, 0.1) is 5.70 Å². The Labute approximate surface area is 102 Å². The van der Waals surface area contributed by atoms with Crippen LogP contribution >= 0.6 is 0 Å². The fraction of sp³-hybridized carbons (Fsp3) is 0.0833. The number of hydrazine groups is 1. The van der Waals surface area contributed by atoms with Gasteiger partial charge < -0.3 is 15.3 Å². The van der Waals surface area contributed by atoms with E-state index >= 15 is 0 Å². The van der Waals surface area contributed by atoms with Crippen molar-refractivity contribution < 1.29 is 14.3 Å². The van der Waals surface area contributed by atoms with Crippen molar-refractivity contribution in [3.05, 3.63) is 52.9 Å². The minimum absolute atomic E-state index is 0.0670. The highest BCUT2D eigenvalue weighted by Crippen LogP contribution is 2.30. The van der Waals surface area contributed by atoms with E-state index in [1.807, 2.05) is 12.2 Å². The molecule has 0 fully saturated rings. The normalized spacial score (nSPS) is 17.6. The van der Waals surface area contributed by atoms with Crippen LogP contribution in [-0.4, -0.2) is 11.1 Å². The molecule has 0 radical (unpaired) electrons. The third-order valence-corrected chi connectivity index (χ3v) is 2.91. The highest BCUT2D eigenvalue weighted by Gasteiger charge is 2.21. The molecule has 18 heavy (non-hydrogen) atoms. The summed E-state index contributed by atoms with van der Waals surface area (Å²) in [7, 11) is 0. The third-order valence-electron chi connectivity index (χ3n) is 2.91. The molecular formula is C12H11N3O3. The molecule has 1 aliphatic carbocycles. The summed E-state index contributed by atoms with van der Waals surface area (Å²) in [4.78, 5) is 10.7. The molecule has 6 nitrogen and oxygen atoms in total. The van der Waals surface area contributed by atoms with Crippen LogP contribution in [0.3, 0.4) is 0 Å². The monoisotopic (exact) mass is 245 g/mol. The van der Waals surface area contributed by atoms with Gasteiger partial charge in [-0.3, -0.25) is 10.9 Å². The summed E-state index contributed by atoms with van der Waals surface area (Å²) in [6.07, 6.45) is 4.50. The summed E-state index contributed by atoms with van der Waals surface area (Å²) < 4.78 is 5.25. The van der Waals surface area contributed by atoms with E-state index in [9.17, 15) is 4.79 Å². The van der Waals surface area contributed by atoms with E-state index < -0.39 is 5.97 Å². The summed E-state index contributed by atoms with van der Waals surface area (Å²) >= 11 is 0. The first-order valence-corrected chi connectivity index (χ1v) is 5.41. The molecule has 0 saturated carbocycles. The van der Waals surface area contributed by atoms with Gasteiger partial charge in [-0.2, -0.15) is 0 Å². The Hall–Kier alpha value is -2.63. The topological polar surface area (TPSA) is 101 Å². The fourth-order valence-corrected chi connectivity index (χ4v) is 1.98. The van der Waals surface area contributed by atoms with Crippen LogP contribution in [0.15, 0.2) is 45.8 Å². The summed E-state index contributed by atoms with van der Waals surface area (Å²) in [5.74, 6) is 0.00639. The lowest BCUT2D eigenvalue weighted by atomic mass is 9.98. The van der Waals surface area contributed by atoms with E-state index in [0.29, 0.717) is 18.0 Å². The van der Waals surface area contributed by atoms with Crippen molar-refractivity contribution in [2.75, 3.05) is 0 Å². The average molecular weight is 245 g/mol. The molecule has 2 aliphatic rings. The van der Waals surface area contributed by atoms with E-state index in [1.165, 1.54) is 6.07 Å². The molecule has 0 saturated heterocycles. The molecular weight excluding hydrogens is 234 g/mol. The van der Waals surface area contributed by atoms with Gasteiger partial charge in [-0.15, -0.1) is 0 Å². The average Bonchev–Trinajstić information content (AvgIpc) is 2.96. The van der Waals surface area contributed by atoms with Crippen LogP contribution < -0.4 is 16.6 Å². The SMILES string of the molecule is NC1=C2CC=C(c3ccc(C(=O)O)o3)C=C2NN1. The number of nitrogens with one attached hydrogen (secondary N) is 2. The maximum atomic E-state index is 10.7. The number of aromatic carboxylic acids is 1. The Morgan fingerprint density at radius 3 is 2.94 bits per heavy atom. The Morgan fingerprint density at radius 1 is 1.39 bits per heavy atom. The zero-order valence-electron chi connectivity index (χ0n) is 9.36. The molecule has 92 valence electrons. The molecule has 0 bridgehead atoms. The van der Waals surface area contributed by atoms with Gasteiger partial charge in [0.1, 0.15) is 11.6 Å². The van der Waals surface area contributed by atoms with Crippen molar-refractivity contribution in [1.82, 2.24) is 10.9 Å². The summed E-state index contributed by atoms with van der Waals surface area (Å²) in [5.41, 5.74) is 14.3. The van der Waals surface area contributed by atoms with Crippen LogP contribution in [0.5, 0.6) is 0 Å². The van der Waals surface area contributed by atoms with Crippen molar-refractivity contribution in [2.45, 2.75) is 6.42 Å². The van der Waals surface area contributed by atoms with Crippen molar-refractivity contribution in [1.29, 1.82) is 0 Å². The standard InChI is InChI=1S/C12H11N3O3/c13-11-7-2-1-6(5-8(7)14-15-11)9-3-4-10(18-9)12(16)17/h1,3-5,14-15H,2,13H2,(H,16,17). The first-order valence-electron chi connectivity index (χ1n) is 5.41. The van der Waals surface area contributed by atoms with Crippen LogP contribution in [0.2, 0.25) is 0 Å².